The van der Waals surface area contributed by atoms with E-state index in [-0.39, 0.29) is 23.4 Å². The maximum absolute atomic E-state index is 12.8. The number of carbonyl (C=O) groups is 1. The Bertz CT molecular complexity index is 984. The minimum absolute atomic E-state index is 0.0255. The van der Waals surface area contributed by atoms with E-state index in [2.05, 4.69) is 41.2 Å². The minimum Gasteiger partial charge on any atom is -0.330 e. The maximum Gasteiger partial charge on any atom is 0.233 e. The van der Waals surface area contributed by atoms with Crippen LogP contribution in [0.2, 0.25) is 0 Å². The summed E-state index contributed by atoms with van der Waals surface area (Å²) in [5.74, 6) is 1.09. The van der Waals surface area contributed by atoms with Crippen LogP contribution in [0, 0.1) is 5.92 Å². The molecule has 1 aliphatic rings. The lowest BCUT2D eigenvalue weighted by Crippen LogP contribution is -2.44. The molecule has 1 N–H and O–H groups in total. The molecule has 8 nitrogen and oxygen atoms in total. The van der Waals surface area contributed by atoms with E-state index >= 15 is 0 Å². The first-order chi connectivity index (χ1) is 13.3. The molecule has 0 bridgehead atoms. The normalized spacial score (nSPS) is 20.4. The van der Waals surface area contributed by atoms with Gasteiger partial charge >= 0.3 is 0 Å². The highest BCUT2D eigenvalue weighted by Crippen LogP contribution is 2.42. The molecule has 4 heterocycles. The van der Waals surface area contributed by atoms with E-state index in [1.54, 1.807) is 10.9 Å². The fourth-order valence-electron chi connectivity index (χ4n) is 4.18. The van der Waals surface area contributed by atoms with Gasteiger partial charge < -0.3 is 10.2 Å². The number of nitrogens with zero attached hydrogens (tertiary/aromatic N) is 6. The SMILES string of the molecule is Cn1cc([C@H]2[C@H](CNCc3cnc4ncccn34)CC(=O)N2C(C)(C)C)cn1. The average Bonchev–Trinajstić information content (AvgIpc) is 3.32. The number of amides is 1. The van der Waals surface area contributed by atoms with Crippen LogP contribution in [0.3, 0.4) is 0 Å². The molecule has 1 amide bonds. The molecule has 0 aliphatic carbocycles. The standard InChI is InChI=1S/C20H27N7O/c1-20(2,3)27-17(28)8-14(18(27)15-10-24-25(4)13-15)9-21-11-16-12-23-19-22-6-5-7-26(16)19/h5-7,10,12-14,18,21H,8-9,11H2,1-4H3/t14-,18+/m0/s1. The molecule has 0 spiro atoms. The van der Waals surface area contributed by atoms with Gasteiger partial charge in [-0.2, -0.15) is 5.10 Å². The predicted molar refractivity (Wildman–Crippen MR) is 105 cm³/mol. The van der Waals surface area contributed by atoms with Gasteiger partial charge in [-0.05, 0) is 26.8 Å². The summed E-state index contributed by atoms with van der Waals surface area (Å²) in [6.07, 6.45) is 9.98. The minimum atomic E-state index is -0.236. The van der Waals surface area contributed by atoms with E-state index in [1.165, 1.54) is 0 Å². The van der Waals surface area contributed by atoms with E-state index in [0.717, 1.165) is 17.8 Å². The van der Waals surface area contributed by atoms with Crippen LogP contribution < -0.4 is 5.32 Å². The summed E-state index contributed by atoms with van der Waals surface area (Å²) in [5.41, 5.74) is 1.91. The highest BCUT2D eigenvalue weighted by atomic mass is 16.2. The summed E-state index contributed by atoms with van der Waals surface area (Å²) in [4.78, 5) is 23.4. The first-order valence-corrected chi connectivity index (χ1v) is 9.63. The summed E-state index contributed by atoms with van der Waals surface area (Å²) in [7, 11) is 1.91. The van der Waals surface area contributed by atoms with Gasteiger partial charge in [0.25, 0.3) is 0 Å². The van der Waals surface area contributed by atoms with Crippen LogP contribution in [0.4, 0.5) is 0 Å². The van der Waals surface area contributed by atoms with Gasteiger partial charge in [-0.25, -0.2) is 9.97 Å². The Labute approximate surface area is 164 Å². The number of nitrogens with one attached hydrogen (secondary N) is 1. The quantitative estimate of drug-likeness (QED) is 0.731. The number of aryl methyl sites for hydroxylation is 1. The van der Waals surface area contributed by atoms with Crippen molar-refractivity contribution in [2.45, 2.75) is 45.3 Å². The molecule has 0 aromatic carbocycles. The molecule has 4 rings (SSSR count). The lowest BCUT2D eigenvalue weighted by atomic mass is 9.93. The largest absolute Gasteiger partial charge is 0.330 e. The van der Waals surface area contributed by atoms with Crippen molar-refractivity contribution in [3.8, 4) is 0 Å². The molecule has 0 saturated carbocycles. The third-order valence-corrected chi connectivity index (χ3v) is 5.30. The van der Waals surface area contributed by atoms with Crippen molar-refractivity contribution in [1.82, 2.24) is 34.4 Å². The summed E-state index contributed by atoms with van der Waals surface area (Å²) in [6.45, 7) is 7.69. The van der Waals surface area contributed by atoms with E-state index in [0.29, 0.717) is 18.7 Å². The number of carbonyl (C=O) groups excluding carboxylic acids is 1. The number of likely N-dealkylation sites (tertiary alicyclic amines) is 1. The molecular formula is C20H27N7O. The molecule has 1 saturated heterocycles. The lowest BCUT2D eigenvalue weighted by molar-refractivity contribution is -0.133. The number of imidazole rings is 1. The molecule has 2 atom stereocenters. The van der Waals surface area contributed by atoms with Crippen molar-refractivity contribution in [1.29, 1.82) is 0 Å². The molecular weight excluding hydrogens is 354 g/mol. The molecule has 1 fully saturated rings. The second-order valence-electron chi connectivity index (χ2n) is 8.46. The fraction of sp³-hybridized carbons (Fsp3) is 0.500. The Balaban J connectivity index is 1.51. The highest BCUT2D eigenvalue weighted by Gasteiger charge is 2.45. The van der Waals surface area contributed by atoms with Crippen molar-refractivity contribution < 1.29 is 4.79 Å². The van der Waals surface area contributed by atoms with Gasteiger partial charge in [0.1, 0.15) is 0 Å². The first-order valence-electron chi connectivity index (χ1n) is 9.63. The zero-order valence-electron chi connectivity index (χ0n) is 16.8. The molecule has 148 valence electrons. The van der Waals surface area contributed by atoms with Crippen LogP contribution in [-0.2, 0) is 18.4 Å². The molecule has 28 heavy (non-hydrogen) atoms. The first kappa shape index (κ1) is 18.6. The van der Waals surface area contributed by atoms with Crippen LogP contribution in [0.1, 0.15) is 44.5 Å². The molecule has 0 radical (unpaired) electrons. The number of rotatable bonds is 5. The van der Waals surface area contributed by atoms with Crippen LogP contribution in [0.5, 0.6) is 0 Å². The third-order valence-electron chi connectivity index (χ3n) is 5.30. The van der Waals surface area contributed by atoms with E-state index in [1.807, 2.05) is 47.2 Å². The van der Waals surface area contributed by atoms with E-state index < -0.39 is 0 Å². The molecule has 8 heteroatoms. The van der Waals surface area contributed by atoms with Crippen molar-refractivity contribution in [2.24, 2.45) is 13.0 Å². The summed E-state index contributed by atoms with van der Waals surface area (Å²) >= 11 is 0. The zero-order chi connectivity index (χ0) is 19.9. The van der Waals surface area contributed by atoms with Crippen molar-refractivity contribution >= 4 is 11.7 Å². The summed E-state index contributed by atoms with van der Waals surface area (Å²) in [6, 6.07) is 1.92. The smallest absolute Gasteiger partial charge is 0.233 e. The third kappa shape index (κ3) is 3.40. The van der Waals surface area contributed by atoms with Crippen LogP contribution in [0.25, 0.3) is 5.78 Å². The van der Waals surface area contributed by atoms with Gasteiger partial charge in [0, 0.05) is 62.2 Å². The summed E-state index contributed by atoms with van der Waals surface area (Å²) in [5, 5.41) is 7.86. The van der Waals surface area contributed by atoms with Gasteiger partial charge in [-0.3, -0.25) is 13.9 Å². The highest BCUT2D eigenvalue weighted by molar-refractivity contribution is 5.80. The zero-order valence-corrected chi connectivity index (χ0v) is 16.8. The van der Waals surface area contributed by atoms with Crippen molar-refractivity contribution in [3.05, 3.63) is 48.3 Å². The molecule has 3 aromatic rings. The monoisotopic (exact) mass is 381 g/mol. The van der Waals surface area contributed by atoms with Gasteiger partial charge in [0.2, 0.25) is 11.7 Å². The topological polar surface area (TPSA) is 80.3 Å². The van der Waals surface area contributed by atoms with E-state index in [9.17, 15) is 4.79 Å². The Morgan fingerprint density at radius 2 is 2.07 bits per heavy atom. The van der Waals surface area contributed by atoms with Crippen LogP contribution >= 0.6 is 0 Å². The van der Waals surface area contributed by atoms with E-state index in [4.69, 9.17) is 0 Å². The molecule has 1 aliphatic heterocycles. The van der Waals surface area contributed by atoms with Gasteiger partial charge in [-0.1, -0.05) is 0 Å². The Kier molecular flexibility index (Phi) is 4.66. The van der Waals surface area contributed by atoms with Gasteiger partial charge in [0.05, 0.1) is 24.1 Å². The molecule has 0 unspecified atom stereocenters. The number of aromatic nitrogens is 5. The average molecular weight is 381 g/mol. The number of hydrogen-bond acceptors (Lipinski definition) is 5. The molecule has 3 aromatic heterocycles. The fourth-order valence-corrected chi connectivity index (χ4v) is 4.18. The number of hydrogen-bond donors (Lipinski definition) is 1. The Morgan fingerprint density at radius 1 is 1.25 bits per heavy atom. The summed E-state index contributed by atoms with van der Waals surface area (Å²) < 4.78 is 3.78. The van der Waals surface area contributed by atoms with Crippen LogP contribution in [0.15, 0.2) is 37.1 Å². The van der Waals surface area contributed by atoms with Crippen molar-refractivity contribution in [3.63, 3.8) is 0 Å². The van der Waals surface area contributed by atoms with Gasteiger partial charge in [-0.15, -0.1) is 0 Å². The second-order valence-corrected chi connectivity index (χ2v) is 8.46. The second kappa shape index (κ2) is 7.01. The Morgan fingerprint density at radius 3 is 2.79 bits per heavy atom. The lowest BCUT2D eigenvalue weighted by Gasteiger charge is -2.38. The van der Waals surface area contributed by atoms with Crippen LogP contribution in [-0.4, -0.2) is 47.0 Å². The predicted octanol–water partition coefficient (Wildman–Crippen LogP) is 1.94. The maximum atomic E-state index is 12.8. The Hall–Kier alpha value is -2.74. The van der Waals surface area contributed by atoms with Gasteiger partial charge in [0.15, 0.2) is 0 Å². The number of fused-ring (bicyclic) bond motifs is 1. The van der Waals surface area contributed by atoms with Crippen molar-refractivity contribution in [2.75, 3.05) is 6.54 Å².